The molecule has 1 N–H and O–H groups in total. The van der Waals surface area contributed by atoms with Crippen LogP contribution >= 0.6 is 0 Å². The lowest BCUT2D eigenvalue weighted by molar-refractivity contribution is -0.149. The highest BCUT2D eigenvalue weighted by Gasteiger charge is 2.54. The summed E-state index contributed by atoms with van der Waals surface area (Å²) in [6.07, 6.45) is 8.65. The maximum absolute atomic E-state index is 11.6. The molecule has 0 aromatic rings. The van der Waals surface area contributed by atoms with Crippen LogP contribution in [-0.4, -0.2) is 35.6 Å². The van der Waals surface area contributed by atoms with Crippen LogP contribution in [0.5, 0.6) is 0 Å². The molecule has 3 aliphatic rings. The van der Waals surface area contributed by atoms with Crippen LogP contribution in [0.1, 0.15) is 44.9 Å². The van der Waals surface area contributed by atoms with Crippen LogP contribution in [-0.2, 0) is 4.79 Å². The molecule has 3 nitrogen and oxygen atoms in total. The van der Waals surface area contributed by atoms with E-state index in [-0.39, 0.29) is 5.41 Å². The third-order valence-electron chi connectivity index (χ3n) is 5.36. The Morgan fingerprint density at radius 1 is 1.24 bits per heavy atom. The number of carboxylic acids is 1. The van der Waals surface area contributed by atoms with Gasteiger partial charge in [-0.05, 0) is 37.5 Å². The van der Waals surface area contributed by atoms with Gasteiger partial charge in [-0.15, -0.1) is 0 Å². The van der Waals surface area contributed by atoms with Crippen molar-refractivity contribution in [1.29, 1.82) is 0 Å². The number of rotatable bonds is 3. The maximum Gasteiger partial charge on any atom is 0.311 e. The van der Waals surface area contributed by atoms with Gasteiger partial charge in [-0.2, -0.15) is 0 Å². The summed E-state index contributed by atoms with van der Waals surface area (Å²) < 4.78 is 0. The van der Waals surface area contributed by atoms with Crippen LogP contribution in [0.15, 0.2) is 0 Å². The van der Waals surface area contributed by atoms with Crippen molar-refractivity contribution in [3.8, 4) is 0 Å². The van der Waals surface area contributed by atoms with Crippen LogP contribution in [0, 0.1) is 17.3 Å². The zero-order chi connectivity index (χ0) is 11.9. The third kappa shape index (κ3) is 1.88. The summed E-state index contributed by atoms with van der Waals surface area (Å²) >= 11 is 0. The van der Waals surface area contributed by atoms with Gasteiger partial charge in [0.05, 0.1) is 5.41 Å². The summed E-state index contributed by atoms with van der Waals surface area (Å²) in [5.74, 6) is 0.745. The molecule has 3 heteroatoms. The van der Waals surface area contributed by atoms with Gasteiger partial charge >= 0.3 is 5.97 Å². The van der Waals surface area contributed by atoms with E-state index >= 15 is 0 Å². The number of fused-ring (bicyclic) bond motifs is 1. The Morgan fingerprint density at radius 2 is 2.00 bits per heavy atom. The van der Waals surface area contributed by atoms with E-state index in [1.807, 2.05) is 0 Å². The molecule has 1 saturated heterocycles. The van der Waals surface area contributed by atoms with Gasteiger partial charge in [0.15, 0.2) is 0 Å². The minimum absolute atomic E-state index is 0.376. The molecule has 3 rings (SSSR count). The zero-order valence-corrected chi connectivity index (χ0v) is 10.5. The molecule has 17 heavy (non-hydrogen) atoms. The molecule has 3 fully saturated rings. The lowest BCUT2D eigenvalue weighted by Crippen LogP contribution is -2.36. The van der Waals surface area contributed by atoms with Crippen molar-refractivity contribution in [3.63, 3.8) is 0 Å². The first-order valence-electron chi connectivity index (χ1n) is 7.16. The highest BCUT2D eigenvalue weighted by molar-refractivity contribution is 5.76. The second-order valence-corrected chi connectivity index (χ2v) is 6.40. The minimum Gasteiger partial charge on any atom is -0.481 e. The van der Waals surface area contributed by atoms with E-state index in [1.54, 1.807) is 0 Å². The number of aliphatic carboxylic acids is 1. The summed E-state index contributed by atoms with van der Waals surface area (Å²) in [6.45, 7) is 3.03. The molecule has 0 bridgehead atoms. The molecular weight excluding hydrogens is 214 g/mol. The first kappa shape index (κ1) is 11.5. The van der Waals surface area contributed by atoms with Crippen molar-refractivity contribution < 1.29 is 9.90 Å². The topological polar surface area (TPSA) is 40.5 Å². The molecule has 0 aromatic carbocycles. The Balaban J connectivity index is 1.65. The Kier molecular flexibility index (Phi) is 2.89. The first-order valence-corrected chi connectivity index (χ1v) is 7.16. The molecule has 0 aromatic heterocycles. The standard InChI is InChI=1S/C14H23NO2/c16-13(17)14-7-3-6-12(14)9-15(10-14)8-11-4-1-2-5-11/h11-12H,1-10H2,(H,16,17)/t12-,14+/m0/s1. The lowest BCUT2D eigenvalue weighted by Gasteiger charge is -2.24. The summed E-state index contributed by atoms with van der Waals surface area (Å²) in [7, 11) is 0. The van der Waals surface area contributed by atoms with Crippen LogP contribution in [0.4, 0.5) is 0 Å². The van der Waals surface area contributed by atoms with Gasteiger partial charge in [-0.1, -0.05) is 19.3 Å². The summed E-state index contributed by atoms with van der Waals surface area (Å²) in [6, 6.07) is 0. The molecule has 0 spiro atoms. The van der Waals surface area contributed by atoms with E-state index in [9.17, 15) is 9.90 Å². The van der Waals surface area contributed by atoms with E-state index in [0.29, 0.717) is 5.92 Å². The monoisotopic (exact) mass is 237 g/mol. The molecule has 0 radical (unpaired) electrons. The van der Waals surface area contributed by atoms with Gasteiger partial charge in [0.1, 0.15) is 0 Å². The van der Waals surface area contributed by atoms with Gasteiger partial charge in [0.25, 0.3) is 0 Å². The fourth-order valence-electron chi connectivity index (χ4n) is 4.44. The predicted molar refractivity (Wildman–Crippen MR) is 65.8 cm³/mol. The van der Waals surface area contributed by atoms with E-state index in [1.165, 1.54) is 25.7 Å². The Labute approximate surface area is 103 Å². The van der Waals surface area contributed by atoms with Crippen molar-refractivity contribution in [2.24, 2.45) is 17.3 Å². The molecule has 1 aliphatic heterocycles. The van der Waals surface area contributed by atoms with Crippen LogP contribution in [0.3, 0.4) is 0 Å². The smallest absolute Gasteiger partial charge is 0.311 e. The number of carbonyl (C=O) groups is 1. The summed E-state index contributed by atoms with van der Waals surface area (Å²) in [4.78, 5) is 14.0. The first-order chi connectivity index (χ1) is 8.21. The van der Waals surface area contributed by atoms with Crippen LogP contribution < -0.4 is 0 Å². The highest BCUT2D eigenvalue weighted by Crippen LogP contribution is 2.49. The number of carboxylic acid groups (broad SMARTS) is 1. The Hall–Kier alpha value is -0.570. The second-order valence-electron chi connectivity index (χ2n) is 6.40. The maximum atomic E-state index is 11.6. The van der Waals surface area contributed by atoms with E-state index < -0.39 is 5.97 Å². The zero-order valence-electron chi connectivity index (χ0n) is 10.5. The molecule has 0 unspecified atom stereocenters. The fraction of sp³-hybridized carbons (Fsp3) is 0.929. The van der Waals surface area contributed by atoms with Crippen molar-refractivity contribution in [2.45, 2.75) is 44.9 Å². The average Bonchev–Trinajstić information content (AvgIpc) is 2.92. The SMILES string of the molecule is O=C(O)[C@@]12CCC[C@H]1CN(CC1CCCC1)C2. The molecule has 2 atom stereocenters. The largest absolute Gasteiger partial charge is 0.481 e. The molecular formula is C14H23NO2. The average molecular weight is 237 g/mol. The fourth-order valence-corrected chi connectivity index (χ4v) is 4.44. The van der Waals surface area contributed by atoms with Gasteiger partial charge in [-0.3, -0.25) is 4.79 Å². The van der Waals surface area contributed by atoms with E-state index in [2.05, 4.69) is 4.90 Å². The van der Waals surface area contributed by atoms with Crippen LogP contribution in [0.2, 0.25) is 0 Å². The Morgan fingerprint density at radius 3 is 2.65 bits per heavy atom. The lowest BCUT2D eigenvalue weighted by atomic mass is 9.81. The molecule has 2 aliphatic carbocycles. The number of nitrogens with zero attached hydrogens (tertiary/aromatic N) is 1. The van der Waals surface area contributed by atoms with Crippen molar-refractivity contribution in [3.05, 3.63) is 0 Å². The number of likely N-dealkylation sites (tertiary alicyclic amines) is 1. The Bertz CT molecular complexity index is 311. The highest BCUT2D eigenvalue weighted by atomic mass is 16.4. The number of hydrogen-bond acceptors (Lipinski definition) is 2. The van der Waals surface area contributed by atoms with Crippen molar-refractivity contribution in [2.75, 3.05) is 19.6 Å². The summed E-state index contributed by atoms with van der Waals surface area (Å²) in [5.41, 5.74) is -0.376. The minimum atomic E-state index is -0.533. The second kappa shape index (κ2) is 4.27. The summed E-state index contributed by atoms with van der Waals surface area (Å²) in [5, 5.41) is 9.53. The quantitative estimate of drug-likeness (QED) is 0.819. The van der Waals surface area contributed by atoms with E-state index in [0.717, 1.165) is 44.8 Å². The molecule has 1 heterocycles. The third-order valence-corrected chi connectivity index (χ3v) is 5.36. The molecule has 2 saturated carbocycles. The predicted octanol–water partition coefficient (Wildman–Crippen LogP) is 2.36. The molecule has 96 valence electrons. The van der Waals surface area contributed by atoms with Crippen molar-refractivity contribution in [1.82, 2.24) is 4.90 Å². The normalized spacial score (nSPS) is 38.7. The van der Waals surface area contributed by atoms with Gasteiger partial charge < -0.3 is 10.0 Å². The van der Waals surface area contributed by atoms with Gasteiger partial charge in [-0.25, -0.2) is 0 Å². The number of hydrogen-bond donors (Lipinski definition) is 1. The van der Waals surface area contributed by atoms with Gasteiger partial charge in [0.2, 0.25) is 0 Å². The van der Waals surface area contributed by atoms with Gasteiger partial charge in [0, 0.05) is 19.6 Å². The molecule has 0 amide bonds. The van der Waals surface area contributed by atoms with Crippen molar-refractivity contribution >= 4 is 5.97 Å². The van der Waals surface area contributed by atoms with E-state index in [4.69, 9.17) is 0 Å². The van der Waals surface area contributed by atoms with Crippen LogP contribution in [0.25, 0.3) is 0 Å².